The first-order chi connectivity index (χ1) is 10.3. The van der Waals surface area contributed by atoms with Crippen molar-refractivity contribution in [3.63, 3.8) is 0 Å². The zero-order valence-electron chi connectivity index (χ0n) is 12.9. The molecule has 0 aliphatic rings. The van der Waals surface area contributed by atoms with Crippen LogP contribution in [0.15, 0.2) is 34.7 Å². The number of furan rings is 1. The van der Waals surface area contributed by atoms with E-state index in [2.05, 4.69) is 24.4 Å². The molecule has 4 nitrogen and oxygen atoms in total. The molecule has 1 aromatic heterocycles. The van der Waals surface area contributed by atoms with Crippen molar-refractivity contribution < 1.29 is 13.9 Å². The first-order valence-corrected chi connectivity index (χ1v) is 7.63. The van der Waals surface area contributed by atoms with Gasteiger partial charge in [0.1, 0.15) is 11.3 Å². The van der Waals surface area contributed by atoms with E-state index in [4.69, 9.17) is 13.9 Å². The molecule has 0 fully saturated rings. The molecule has 1 atom stereocenters. The number of hydrogen-bond acceptors (Lipinski definition) is 4. The standard InChI is InChI=1S/C17H25NO3/c1-3-9-18-15(13-20-11-6-10-19-2)17-12-14-7-4-5-8-16(14)21-17/h4-5,7-8,12,15,18H,3,6,9-11,13H2,1-2H3. The van der Waals surface area contributed by atoms with Crippen LogP contribution in [0, 0.1) is 0 Å². The molecule has 0 saturated heterocycles. The molecule has 0 bridgehead atoms. The second kappa shape index (κ2) is 8.82. The highest BCUT2D eigenvalue weighted by atomic mass is 16.5. The van der Waals surface area contributed by atoms with Crippen LogP contribution < -0.4 is 5.32 Å². The molecule has 1 N–H and O–H groups in total. The smallest absolute Gasteiger partial charge is 0.134 e. The second-order valence-electron chi connectivity index (χ2n) is 5.11. The van der Waals surface area contributed by atoms with Gasteiger partial charge in [0, 0.05) is 25.7 Å². The maximum Gasteiger partial charge on any atom is 0.134 e. The largest absolute Gasteiger partial charge is 0.459 e. The Hall–Kier alpha value is -1.36. The van der Waals surface area contributed by atoms with Gasteiger partial charge in [0.25, 0.3) is 0 Å². The molecule has 0 spiro atoms. The van der Waals surface area contributed by atoms with E-state index in [1.807, 2.05) is 18.2 Å². The lowest BCUT2D eigenvalue weighted by Crippen LogP contribution is -2.26. The summed E-state index contributed by atoms with van der Waals surface area (Å²) in [6.07, 6.45) is 2.00. The van der Waals surface area contributed by atoms with Gasteiger partial charge in [-0.05, 0) is 31.5 Å². The van der Waals surface area contributed by atoms with Gasteiger partial charge >= 0.3 is 0 Å². The summed E-state index contributed by atoms with van der Waals surface area (Å²) in [6, 6.07) is 10.3. The van der Waals surface area contributed by atoms with Gasteiger partial charge < -0.3 is 19.2 Å². The third kappa shape index (κ3) is 4.84. The number of para-hydroxylation sites is 1. The molecule has 116 valence electrons. The topological polar surface area (TPSA) is 43.6 Å². The minimum absolute atomic E-state index is 0.0971. The predicted molar refractivity (Wildman–Crippen MR) is 84.6 cm³/mol. The zero-order chi connectivity index (χ0) is 14.9. The van der Waals surface area contributed by atoms with E-state index in [0.717, 1.165) is 42.7 Å². The number of nitrogens with one attached hydrogen (secondary N) is 1. The summed E-state index contributed by atoms with van der Waals surface area (Å²) in [5, 5.41) is 4.62. The summed E-state index contributed by atoms with van der Waals surface area (Å²) < 4.78 is 16.7. The zero-order valence-corrected chi connectivity index (χ0v) is 12.9. The molecular formula is C17H25NO3. The van der Waals surface area contributed by atoms with Crippen LogP contribution in [-0.2, 0) is 9.47 Å². The van der Waals surface area contributed by atoms with E-state index in [1.54, 1.807) is 7.11 Å². The van der Waals surface area contributed by atoms with Crippen LogP contribution in [0.1, 0.15) is 31.6 Å². The number of ether oxygens (including phenoxy) is 2. The number of hydrogen-bond donors (Lipinski definition) is 1. The molecule has 1 heterocycles. The van der Waals surface area contributed by atoms with Gasteiger partial charge in [-0.1, -0.05) is 25.1 Å². The lowest BCUT2D eigenvalue weighted by Gasteiger charge is -2.16. The Balaban J connectivity index is 1.97. The predicted octanol–water partition coefficient (Wildman–Crippen LogP) is 3.53. The summed E-state index contributed by atoms with van der Waals surface area (Å²) in [4.78, 5) is 0. The number of benzene rings is 1. The Morgan fingerprint density at radius 1 is 1.24 bits per heavy atom. The minimum atomic E-state index is 0.0971. The van der Waals surface area contributed by atoms with E-state index in [0.29, 0.717) is 13.2 Å². The molecule has 0 aliphatic carbocycles. The third-order valence-electron chi connectivity index (χ3n) is 3.35. The summed E-state index contributed by atoms with van der Waals surface area (Å²) >= 11 is 0. The lowest BCUT2D eigenvalue weighted by molar-refractivity contribution is 0.0836. The van der Waals surface area contributed by atoms with E-state index in [1.165, 1.54) is 0 Å². The van der Waals surface area contributed by atoms with Crippen molar-refractivity contribution in [2.24, 2.45) is 0 Å². The van der Waals surface area contributed by atoms with Gasteiger partial charge in [-0.3, -0.25) is 0 Å². The molecule has 0 amide bonds. The highest BCUT2D eigenvalue weighted by Crippen LogP contribution is 2.24. The van der Waals surface area contributed by atoms with Crippen LogP contribution in [0.3, 0.4) is 0 Å². The molecule has 0 aliphatic heterocycles. The van der Waals surface area contributed by atoms with Crippen LogP contribution in [0.5, 0.6) is 0 Å². The maximum absolute atomic E-state index is 5.94. The number of rotatable bonds is 10. The van der Waals surface area contributed by atoms with Crippen LogP contribution in [-0.4, -0.2) is 33.5 Å². The van der Waals surface area contributed by atoms with Crippen LogP contribution in [0.4, 0.5) is 0 Å². The van der Waals surface area contributed by atoms with E-state index in [9.17, 15) is 0 Å². The quantitative estimate of drug-likeness (QED) is 0.680. The van der Waals surface area contributed by atoms with Crippen molar-refractivity contribution in [3.05, 3.63) is 36.1 Å². The molecule has 2 rings (SSSR count). The van der Waals surface area contributed by atoms with Crippen LogP contribution in [0.25, 0.3) is 11.0 Å². The Morgan fingerprint density at radius 2 is 2.10 bits per heavy atom. The Bertz CT molecular complexity index is 490. The highest BCUT2D eigenvalue weighted by molar-refractivity contribution is 5.77. The Morgan fingerprint density at radius 3 is 2.86 bits per heavy atom. The van der Waals surface area contributed by atoms with Gasteiger partial charge in [-0.2, -0.15) is 0 Å². The number of fused-ring (bicyclic) bond motifs is 1. The van der Waals surface area contributed by atoms with Gasteiger partial charge in [-0.25, -0.2) is 0 Å². The molecule has 21 heavy (non-hydrogen) atoms. The van der Waals surface area contributed by atoms with Gasteiger partial charge in [0.15, 0.2) is 0 Å². The molecule has 0 radical (unpaired) electrons. The van der Waals surface area contributed by atoms with Gasteiger partial charge in [-0.15, -0.1) is 0 Å². The van der Waals surface area contributed by atoms with E-state index in [-0.39, 0.29) is 6.04 Å². The van der Waals surface area contributed by atoms with E-state index < -0.39 is 0 Å². The average molecular weight is 291 g/mol. The first-order valence-electron chi connectivity index (χ1n) is 7.63. The normalized spacial score (nSPS) is 12.9. The highest BCUT2D eigenvalue weighted by Gasteiger charge is 2.15. The fourth-order valence-electron chi connectivity index (χ4n) is 2.24. The van der Waals surface area contributed by atoms with Crippen molar-refractivity contribution in [1.82, 2.24) is 5.32 Å². The van der Waals surface area contributed by atoms with Crippen molar-refractivity contribution in [1.29, 1.82) is 0 Å². The van der Waals surface area contributed by atoms with Gasteiger partial charge in [0.2, 0.25) is 0 Å². The third-order valence-corrected chi connectivity index (χ3v) is 3.35. The minimum Gasteiger partial charge on any atom is -0.459 e. The Labute approximate surface area is 126 Å². The average Bonchev–Trinajstić information content (AvgIpc) is 2.93. The Kier molecular flexibility index (Phi) is 6.73. The summed E-state index contributed by atoms with van der Waals surface area (Å²) in [5.74, 6) is 0.941. The maximum atomic E-state index is 5.94. The second-order valence-corrected chi connectivity index (χ2v) is 5.11. The summed E-state index contributed by atoms with van der Waals surface area (Å²) in [6.45, 7) is 5.16. The van der Waals surface area contributed by atoms with Crippen molar-refractivity contribution in [3.8, 4) is 0 Å². The number of methoxy groups -OCH3 is 1. The fraction of sp³-hybridized carbons (Fsp3) is 0.529. The van der Waals surface area contributed by atoms with E-state index >= 15 is 0 Å². The first kappa shape index (κ1) is 16.0. The molecule has 4 heteroatoms. The summed E-state index contributed by atoms with van der Waals surface area (Å²) in [5.41, 5.74) is 0.926. The van der Waals surface area contributed by atoms with Crippen LogP contribution >= 0.6 is 0 Å². The summed E-state index contributed by atoms with van der Waals surface area (Å²) in [7, 11) is 1.71. The lowest BCUT2D eigenvalue weighted by atomic mass is 10.2. The molecule has 0 saturated carbocycles. The molecule has 2 aromatic rings. The van der Waals surface area contributed by atoms with Gasteiger partial charge in [0.05, 0.1) is 12.6 Å². The van der Waals surface area contributed by atoms with Crippen molar-refractivity contribution in [2.45, 2.75) is 25.8 Å². The van der Waals surface area contributed by atoms with Crippen molar-refractivity contribution in [2.75, 3.05) is 33.5 Å². The fourth-order valence-corrected chi connectivity index (χ4v) is 2.24. The SMILES string of the molecule is CCCNC(COCCCOC)c1cc2ccccc2o1. The van der Waals surface area contributed by atoms with Crippen molar-refractivity contribution >= 4 is 11.0 Å². The molecule has 1 aromatic carbocycles. The van der Waals surface area contributed by atoms with Crippen LogP contribution in [0.2, 0.25) is 0 Å². The molecular weight excluding hydrogens is 266 g/mol. The molecule has 1 unspecified atom stereocenters. The monoisotopic (exact) mass is 291 g/mol.